The van der Waals surface area contributed by atoms with Gasteiger partial charge in [0.2, 0.25) is 0 Å². The predicted octanol–water partition coefficient (Wildman–Crippen LogP) is 4.76. The topological polar surface area (TPSA) is 9.23 Å². The van der Waals surface area contributed by atoms with Gasteiger partial charge in [-0.05, 0) is 43.5 Å². The summed E-state index contributed by atoms with van der Waals surface area (Å²) in [5, 5.41) is 0. The summed E-state index contributed by atoms with van der Waals surface area (Å²) in [5.41, 5.74) is 3.51. The molecule has 0 aliphatic heterocycles. The maximum atomic E-state index is 5.69. The molecule has 0 bridgehead atoms. The number of allylic oxidation sites excluding steroid dienone is 2. The Morgan fingerprint density at radius 1 is 1.41 bits per heavy atom. The lowest BCUT2D eigenvalue weighted by Gasteiger charge is -2.08. The van der Waals surface area contributed by atoms with Gasteiger partial charge in [0.05, 0.1) is 6.61 Å². The number of ether oxygens (including phenoxy) is 1. The Morgan fingerprint density at radius 2 is 2.18 bits per heavy atom. The van der Waals surface area contributed by atoms with E-state index >= 15 is 0 Å². The molecule has 0 N–H and O–H groups in total. The van der Waals surface area contributed by atoms with E-state index in [2.05, 4.69) is 38.6 Å². The molecule has 0 amide bonds. The second-order valence-corrected chi connectivity index (χ2v) is 4.40. The van der Waals surface area contributed by atoms with Crippen LogP contribution in [0.15, 0.2) is 36.4 Å². The fourth-order valence-electron chi connectivity index (χ4n) is 1.45. The third-order valence-corrected chi connectivity index (χ3v) is 2.56. The lowest BCUT2D eigenvalue weighted by molar-refractivity contribution is 0.309. The van der Waals surface area contributed by atoms with Gasteiger partial charge in [-0.2, -0.15) is 0 Å². The van der Waals surface area contributed by atoms with E-state index in [1.165, 1.54) is 11.1 Å². The highest BCUT2D eigenvalue weighted by Crippen LogP contribution is 2.19. The van der Waals surface area contributed by atoms with Crippen LogP contribution in [0.2, 0.25) is 0 Å². The van der Waals surface area contributed by atoms with Crippen molar-refractivity contribution < 1.29 is 4.74 Å². The van der Waals surface area contributed by atoms with Gasteiger partial charge in [0.25, 0.3) is 0 Å². The lowest BCUT2D eigenvalue weighted by atomic mass is 10.1. The summed E-state index contributed by atoms with van der Waals surface area (Å²) in [6, 6.07) is 6.22. The number of benzene rings is 1. The van der Waals surface area contributed by atoms with Crippen molar-refractivity contribution in [2.45, 2.75) is 33.6 Å². The predicted molar refractivity (Wildman–Crippen MR) is 75.4 cm³/mol. The normalized spacial score (nSPS) is 10.8. The van der Waals surface area contributed by atoms with Crippen molar-refractivity contribution in [2.24, 2.45) is 0 Å². The van der Waals surface area contributed by atoms with Crippen molar-refractivity contribution in [1.82, 2.24) is 0 Å². The van der Waals surface area contributed by atoms with Crippen LogP contribution in [0, 0.1) is 6.92 Å². The summed E-state index contributed by atoms with van der Waals surface area (Å²) >= 11 is 0. The number of aryl methyl sites for hydroxylation is 1. The van der Waals surface area contributed by atoms with E-state index < -0.39 is 0 Å². The van der Waals surface area contributed by atoms with Gasteiger partial charge in [-0.25, -0.2) is 0 Å². The van der Waals surface area contributed by atoms with Crippen molar-refractivity contribution >= 4 is 6.08 Å². The molecule has 0 fully saturated rings. The molecular formula is C16H22O. The summed E-state index contributed by atoms with van der Waals surface area (Å²) in [6.07, 6.45) is 6.38. The van der Waals surface area contributed by atoms with Gasteiger partial charge in [-0.1, -0.05) is 43.7 Å². The van der Waals surface area contributed by atoms with Crippen LogP contribution >= 0.6 is 0 Å². The van der Waals surface area contributed by atoms with Gasteiger partial charge in [-0.15, -0.1) is 0 Å². The Labute approximate surface area is 105 Å². The van der Waals surface area contributed by atoms with Crippen LogP contribution in [0.25, 0.3) is 6.08 Å². The molecule has 1 aromatic carbocycles. The molecule has 0 spiro atoms. The number of rotatable bonds is 6. The number of hydrogen-bond donors (Lipinski definition) is 0. The van der Waals surface area contributed by atoms with Crippen LogP contribution < -0.4 is 4.74 Å². The zero-order chi connectivity index (χ0) is 12.7. The Bertz CT molecular complexity index is 402. The molecule has 92 valence electrons. The summed E-state index contributed by atoms with van der Waals surface area (Å²) < 4.78 is 5.69. The average molecular weight is 230 g/mol. The van der Waals surface area contributed by atoms with Crippen LogP contribution in [-0.2, 0) is 0 Å². The fraction of sp³-hybridized carbons (Fsp3) is 0.375. The van der Waals surface area contributed by atoms with Crippen molar-refractivity contribution in [3.05, 3.63) is 47.6 Å². The first-order chi connectivity index (χ1) is 8.13. The maximum Gasteiger partial charge on any atom is 0.119 e. The third kappa shape index (κ3) is 4.90. The van der Waals surface area contributed by atoms with Crippen molar-refractivity contribution in [3.8, 4) is 5.75 Å². The largest absolute Gasteiger partial charge is 0.494 e. The Hall–Kier alpha value is -1.50. The van der Waals surface area contributed by atoms with Crippen molar-refractivity contribution in [3.63, 3.8) is 0 Å². The van der Waals surface area contributed by atoms with Gasteiger partial charge in [-0.3, -0.25) is 0 Å². The molecule has 1 heteroatoms. The monoisotopic (exact) mass is 230 g/mol. The lowest BCUT2D eigenvalue weighted by Crippen LogP contribution is -1.96. The molecule has 1 nitrogen and oxygen atoms in total. The number of hydrogen-bond acceptors (Lipinski definition) is 1. The van der Waals surface area contributed by atoms with Gasteiger partial charge in [0.1, 0.15) is 5.75 Å². The van der Waals surface area contributed by atoms with Crippen LogP contribution in [0.5, 0.6) is 5.75 Å². The van der Waals surface area contributed by atoms with Gasteiger partial charge in [0.15, 0.2) is 0 Å². The molecule has 0 aromatic heterocycles. The van der Waals surface area contributed by atoms with Crippen LogP contribution in [0.1, 0.15) is 37.8 Å². The molecular weight excluding hydrogens is 208 g/mol. The molecule has 0 saturated carbocycles. The molecule has 1 rings (SSSR count). The zero-order valence-electron chi connectivity index (χ0n) is 11.1. The minimum atomic E-state index is 0.795. The van der Waals surface area contributed by atoms with E-state index in [9.17, 15) is 0 Å². The molecule has 0 saturated heterocycles. The number of unbranched alkanes of at least 4 members (excludes halogenated alkanes) is 1. The summed E-state index contributed by atoms with van der Waals surface area (Å²) in [4.78, 5) is 0. The first kappa shape index (κ1) is 13.6. The van der Waals surface area contributed by atoms with E-state index in [1.54, 1.807) is 0 Å². The molecule has 1 aromatic rings. The molecule has 17 heavy (non-hydrogen) atoms. The van der Waals surface area contributed by atoms with E-state index in [0.29, 0.717) is 0 Å². The summed E-state index contributed by atoms with van der Waals surface area (Å²) in [5.74, 6) is 0.949. The minimum absolute atomic E-state index is 0.795. The SMILES string of the molecule is C=C(C)/C=C\c1cc(OCCCC)ccc1C. The summed E-state index contributed by atoms with van der Waals surface area (Å²) in [6.45, 7) is 10.9. The second-order valence-electron chi connectivity index (χ2n) is 4.40. The molecule has 0 aliphatic rings. The first-order valence-electron chi connectivity index (χ1n) is 6.20. The highest BCUT2D eigenvalue weighted by atomic mass is 16.5. The first-order valence-corrected chi connectivity index (χ1v) is 6.20. The van der Waals surface area contributed by atoms with Crippen LogP contribution in [-0.4, -0.2) is 6.61 Å². The maximum absolute atomic E-state index is 5.69. The van der Waals surface area contributed by atoms with Gasteiger partial charge in [0, 0.05) is 0 Å². The van der Waals surface area contributed by atoms with E-state index in [0.717, 1.165) is 30.8 Å². The zero-order valence-corrected chi connectivity index (χ0v) is 11.1. The Morgan fingerprint density at radius 3 is 2.82 bits per heavy atom. The molecule has 0 heterocycles. The van der Waals surface area contributed by atoms with Crippen LogP contribution in [0.4, 0.5) is 0 Å². The molecule has 0 radical (unpaired) electrons. The van der Waals surface area contributed by atoms with E-state index in [1.807, 2.05) is 19.1 Å². The molecule has 0 unspecified atom stereocenters. The second kappa shape index (κ2) is 6.95. The quantitative estimate of drug-likeness (QED) is 0.505. The highest BCUT2D eigenvalue weighted by Gasteiger charge is 1.98. The fourth-order valence-corrected chi connectivity index (χ4v) is 1.45. The van der Waals surface area contributed by atoms with Gasteiger partial charge >= 0.3 is 0 Å². The Balaban J connectivity index is 2.75. The Kier molecular flexibility index (Phi) is 5.55. The highest BCUT2D eigenvalue weighted by molar-refractivity contribution is 5.58. The standard InChI is InChI=1S/C16H22O/c1-5-6-11-17-16-10-8-14(4)15(12-16)9-7-13(2)3/h7-10,12H,2,5-6,11H2,1,3-4H3/b9-7-. The van der Waals surface area contributed by atoms with E-state index in [-0.39, 0.29) is 0 Å². The molecule has 0 atom stereocenters. The average Bonchev–Trinajstić information content (AvgIpc) is 2.29. The van der Waals surface area contributed by atoms with Crippen molar-refractivity contribution in [2.75, 3.05) is 6.61 Å². The van der Waals surface area contributed by atoms with Crippen molar-refractivity contribution in [1.29, 1.82) is 0 Å². The van der Waals surface area contributed by atoms with Crippen LogP contribution in [0.3, 0.4) is 0 Å². The smallest absolute Gasteiger partial charge is 0.119 e. The third-order valence-electron chi connectivity index (χ3n) is 2.56. The van der Waals surface area contributed by atoms with Gasteiger partial charge < -0.3 is 4.74 Å². The summed E-state index contributed by atoms with van der Waals surface area (Å²) in [7, 11) is 0. The van der Waals surface area contributed by atoms with E-state index in [4.69, 9.17) is 4.74 Å². The molecule has 0 aliphatic carbocycles. The minimum Gasteiger partial charge on any atom is -0.494 e.